The van der Waals surface area contributed by atoms with Gasteiger partial charge in [0.1, 0.15) is 5.82 Å². The molecule has 1 aliphatic rings. The molecule has 1 aliphatic heterocycles. The fourth-order valence-corrected chi connectivity index (χ4v) is 3.59. The summed E-state index contributed by atoms with van der Waals surface area (Å²) in [5.74, 6) is -0.549. The maximum atomic E-state index is 14.7. The first-order valence-electron chi connectivity index (χ1n) is 10.3. The van der Waals surface area contributed by atoms with E-state index in [1.54, 1.807) is 54.1 Å². The molecule has 1 aromatic heterocycles. The summed E-state index contributed by atoms with van der Waals surface area (Å²) < 4.78 is 20.2. The molecule has 0 spiro atoms. The van der Waals surface area contributed by atoms with Crippen molar-refractivity contribution < 1.29 is 19.1 Å². The van der Waals surface area contributed by atoms with Crippen molar-refractivity contribution in [3.05, 3.63) is 71.7 Å². The van der Waals surface area contributed by atoms with E-state index in [2.05, 4.69) is 20.2 Å². The van der Waals surface area contributed by atoms with E-state index in [9.17, 15) is 9.18 Å². The number of aromatic nitrogens is 2. The van der Waals surface area contributed by atoms with Crippen LogP contribution in [0.4, 0.5) is 16.0 Å². The van der Waals surface area contributed by atoms with Crippen molar-refractivity contribution in [2.75, 3.05) is 25.0 Å². The summed E-state index contributed by atoms with van der Waals surface area (Å²) in [5, 5.41) is 11.8. The summed E-state index contributed by atoms with van der Waals surface area (Å²) in [6, 6.07) is 13.4. The molecule has 3 N–H and O–H groups in total. The minimum absolute atomic E-state index is 0.153. The lowest BCUT2D eigenvalue weighted by Crippen LogP contribution is -2.40. The summed E-state index contributed by atoms with van der Waals surface area (Å²) in [6.45, 7) is 4.79. The Balaban J connectivity index is 1.45. The van der Waals surface area contributed by atoms with Crippen LogP contribution in [0.15, 0.2) is 54.7 Å². The average molecular weight is 437 g/mol. The van der Waals surface area contributed by atoms with Gasteiger partial charge in [0.25, 0.3) is 5.91 Å². The minimum atomic E-state index is -0.588. The summed E-state index contributed by atoms with van der Waals surface area (Å²) in [7, 11) is 0. The number of nitrogens with zero attached hydrogens (tertiary/aromatic N) is 3. The van der Waals surface area contributed by atoms with E-state index in [0.717, 1.165) is 18.7 Å². The molecule has 3 aromatic rings. The molecule has 0 bridgehead atoms. The van der Waals surface area contributed by atoms with Crippen LogP contribution in [0, 0.1) is 5.82 Å². The van der Waals surface area contributed by atoms with E-state index in [1.807, 2.05) is 6.92 Å². The van der Waals surface area contributed by atoms with E-state index in [-0.39, 0.29) is 11.9 Å². The number of halogens is 1. The molecule has 1 fully saturated rings. The summed E-state index contributed by atoms with van der Waals surface area (Å²) in [4.78, 5) is 22.3. The second-order valence-electron chi connectivity index (χ2n) is 7.63. The number of hydrogen-bond donors (Lipinski definition) is 3. The van der Waals surface area contributed by atoms with Crippen molar-refractivity contribution in [1.29, 1.82) is 0 Å². The molecular formula is C23H24FN5O3. The summed E-state index contributed by atoms with van der Waals surface area (Å²) >= 11 is 0. The molecule has 1 unspecified atom stereocenters. The SMILES string of the molecule is CC1CN(Cc2ccc(Nc3nccc(-c4ccc(C(=O)NO)cc4)n3)cc2F)CCO1. The zero-order valence-corrected chi connectivity index (χ0v) is 17.6. The fourth-order valence-electron chi connectivity index (χ4n) is 3.59. The molecule has 166 valence electrons. The van der Waals surface area contributed by atoms with Crippen LogP contribution in [-0.4, -0.2) is 51.8 Å². The molecule has 0 aliphatic carbocycles. The van der Waals surface area contributed by atoms with E-state index in [1.165, 1.54) is 6.07 Å². The van der Waals surface area contributed by atoms with Crippen LogP contribution in [0.2, 0.25) is 0 Å². The van der Waals surface area contributed by atoms with Crippen LogP contribution in [0.5, 0.6) is 0 Å². The lowest BCUT2D eigenvalue weighted by molar-refractivity contribution is -0.0215. The van der Waals surface area contributed by atoms with Crippen LogP contribution >= 0.6 is 0 Å². The van der Waals surface area contributed by atoms with E-state index >= 15 is 0 Å². The lowest BCUT2D eigenvalue weighted by Gasteiger charge is -2.31. The highest BCUT2D eigenvalue weighted by Gasteiger charge is 2.18. The quantitative estimate of drug-likeness (QED) is 0.402. The second-order valence-corrected chi connectivity index (χ2v) is 7.63. The first-order valence-corrected chi connectivity index (χ1v) is 10.3. The Morgan fingerprint density at radius 1 is 1.25 bits per heavy atom. The highest BCUT2D eigenvalue weighted by Crippen LogP contribution is 2.22. The van der Waals surface area contributed by atoms with Crippen molar-refractivity contribution in [1.82, 2.24) is 20.3 Å². The normalized spacial score (nSPS) is 16.5. The molecule has 1 amide bonds. The van der Waals surface area contributed by atoms with Gasteiger partial charge in [-0.15, -0.1) is 0 Å². The third kappa shape index (κ3) is 5.25. The van der Waals surface area contributed by atoms with Gasteiger partial charge in [-0.3, -0.25) is 14.9 Å². The molecule has 0 saturated carbocycles. The maximum absolute atomic E-state index is 14.7. The standard InChI is InChI=1S/C23H24FN5O3/c1-15-13-29(10-11-32-15)14-18-6-7-19(12-20(18)24)26-23-25-9-8-21(27-23)16-2-4-17(5-3-16)22(30)28-31/h2-9,12,15,31H,10-11,13-14H2,1H3,(H,28,30)(H,25,26,27). The molecule has 2 aromatic carbocycles. The number of carbonyl (C=O) groups is 1. The largest absolute Gasteiger partial charge is 0.376 e. The summed E-state index contributed by atoms with van der Waals surface area (Å²) in [5.41, 5.74) is 4.51. The van der Waals surface area contributed by atoms with Gasteiger partial charge in [-0.1, -0.05) is 18.2 Å². The Morgan fingerprint density at radius 3 is 2.78 bits per heavy atom. The number of amides is 1. The Hall–Kier alpha value is -3.40. The van der Waals surface area contributed by atoms with E-state index in [0.29, 0.717) is 41.6 Å². The van der Waals surface area contributed by atoms with Crippen molar-refractivity contribution in [3.63, 3.8) is 0 Å². The number of ether oxygens (including phenoxy) is 1. The van der Waals surface area contributed by atoms with Crippen molar-refractivity contribution in [3.8, 4) is 11.3 Å². The van der Waals surface area contributed by atoms with Gasteiger partial charge in [0.2, 0.25) is 5.95 Å². The zero-order valence-electron chi connectivity index (χ0n) is 17.6. The lowest BCUT2D eigenvalue weighted by atomic mass is 10.1. The molecule has 2 heterocycles. The molecule has 4 rings (SSSR count). The Kier molecular flexibility index (Phi) is 6.69. The number of benzene rings is 2. The number of morpholine rings is 1. The average Bonchev–Trinajstić information content (AvgIpc) is 2.81. The second kappa shape index (κ2) is 9.82. The van der Waals surface area contributed by atoms with Gasteiger partial charge in [-0.25, -0.2) is 19.8 Å². The third-order valence-electron chi connectivity index (χ3n) is 5.23. The Bertz CT molecular complexity index is 1090. The van der Waals surface area contributed by atoms with Gasteiger partial charge in [-0.05, 0) is 37.3 Å². The van der Waals surface area contributed by atoms with Crippen LogP contribution in [0.3, 0.4) is 0 Å². The van der Waals surface area contributed by atoms with E-state index < -0.39 is 5.91 Å². The molecule has 0 radical (unpaired) electrons. The predicted molar refractivity (Wildman–Crippen MR) is 117 cm³/mol. The number of hydrogen-bond acceptors (Lipinski definition) is 7. The number of anilines is 2. The van der Waals surface area contributed by atoms with Crippen molar-refractivity contribution in [2.24, 2.45) is 0 Å². The van der Waals surface area contributed by atoms with Gasteiger partial charge in [0.05, 0.1) is 18.4 Å². The monoisotopic (exact) mass is 437 g/mol. The van der Waals surface area contributed by atoms with Crippen LogP contribution in [0.1, 0.15) is 22.8 Å². The molecule has 32 heavy (non-hydrogen) atoms. The van der Waals surface area contributed by atoms with Gasteiger partial charge in [0.15, 0.2) is 0 Å². The number of nitrogens with one attached hydrogen (secondary N) is 2. The van der Waals surface area contributed by atoms with Gasteiger partial charge in [0, 0.05) is 48.2 Å². The van der Waals surface area contributed by atoms with Crippen LogP contribution in [0.25, 0.3) is 11.3 Å². The highest BCUT2D eigenvalue weighted by atomic mass is 19.1. The Labute approximate surface area is 185 Å². The first kappa shape index (κ1) is 21.8. The molecule has 9 heteroatoms. The van der Waals surface area contributed by atoms with Crippen LogP contribution < -0.4 is 10.8 Å². The highest BCUT2D eigenvalue weighted by molar-refractivity contribution is 5.93. The van der Waals surface area contributed by atoms with Gasteiger partial charge >= 0.3 is 0 Å². The molecule has 1 atom stereocenters. The van der Waals surface area contributed by atoms with Crippen molar-refractivity contribution >= 4 is 17.5 Å². The van der Waals surface area contributed by atoms with Crippen molar-refractivity contribution in [2.45, 2.75) is 19.6 Å². The molecule has 8 nitrogen and oxygen atoms in total. The van der Waals surface area contributed by atoms with E-state index in [4.69, 9.17) is 9.94 Å². The molecular weight excluding hydrogens is 413 g/mol. The smallest absolute Gasteiger partial charge is 0.274 e. The maximum Gasteiger partial charge on any atom is 0.274 e. The minimum Gasteiger partial charge on any atom is -0.376 e. The fraction of sp³-hybridized carbons (Fsp3) is 0.261. The van der Waals surface area contributed by atoms with Gasteiger partial charge < -0.3 is 10.1 Å². The number of carbonyl (C=O) groups excluding carboxylic acids is 1. The predicted octanol–water partition coefficient (Wildman–Crippen LogP) is 3.37. The number of rotatable bonds is 6. The molecule has 1 saturated heterocycles. The zero-order chi connectivity index (χ0) is 22.5. The van der Waals surface area contributed by atoms with Crippen LogP contribution in [-0.2, 0) is 11.3 Å². The van der Waals surface area contributed by atoms with Gasteiger partial charge in [-0.2, -0.15) is 0 Å². The first-order chi connectivity index (χ1) is 15.5. The number of hydroxylamine groups is 1. The Morgan fingerprint density at radius 2 is 2.06 bits per heavy atom. The summed E-state index contributed by atoms with van der Waals surface area (Å²) in [6.07, 6.45) is 1.75. The third-order valence-corrected chi connectivity index (χ3v) is 5.23. The topological polar surface area (TPSA) is 99.6 Å².